The predicted octanol–water partition coefficient (Wildman–Crippen LogP) is 2.98. The Balaban J connectivity index is 3.39. The first-order valence-corrected chi connectivity index (χ1v) is 5.96. The fourth-order valence-electron chi connectivity index (χ4n) is 0.994. The van der Waals surface area contributed by atoms with Gasteiger partial charge in [0.15, 0.2) is 0 Å². The summed E-state index contributed by atoms with van der Waals surface area (Å²) in [6, 6.07) is 0. The Morgan fingerprint density at radius 2 is 1.32 bits per heavy atom. The highest BCUT2D eigenvalue weighted by molar-refractivity contribution is 7.89. The molecule has 1 rings (SSSR count). The summed E-state index contributed by atoms with van der Waals surface area (Å²) in [7, 11) is -6.16. The molecule has 1 fully saturated rings. The van der Waals surface area contributed by atoms with E-state index in [1.165, 1.54) is 0 Å². The van der Waals surface area contributed by atoms with Crippen molar-refractivity contribution in [1.29, 1.82) is 0 Å². The molecule has 114 valence electrons. The van der Waals surface area contributed by atoms with E-state index in [0.717, 1.165) is 0 Å². The molecular formula is C5Cl2F8O3S. The monoisotopic (exact) mass is 362 g/mol. The Hall–Kier alpha value is -0.0700. The van der Waals surface area contributed by atoms with Crippen molar-refractivity contribution in [2.45, 2.75) is 27.5 Å². The Morgan fingerprint density at radius 1 is 0.947 bits per heavy atom. The summed E-state index contributed by atoms with van der Waals surface area (Å²) in [5.74, 6) is -12.4. The third kappa shape index (κ3) is 1.75. The largest absolute Gasteiger partial charge is 0.434 e. The van der Waals surface area contributed by atoms with Gasteiger partial charge in [-0.15, -0.1) is 0 Å². The van der Waals surface area contributed by atoms with Crippen LogP contribution in [0, 0.1) is 0 Å². The van der Waals surface area contributed by atoms with Gasteiger partial charge >= 0.3 is 37.7 Å². The molecule has 0 aromatic heterocycles. The fourth-order valence-corrected chi connectivity index (χ4v) is 2.22. The molecule has 2 unspecified atom stereocenters. The second kappa shape index (κ2) is 3.77. The second-order valence-corrected chi connectivity index (χ2v) is 5.88. The van der Waals surface area contributed by atoms with E-state index >= 15 is 0 Å². The van der Waals surface area contributed by atoms with Gasteiger partial charge in [-0.3, -0.25) is 0 Å². The van der Waals surface area contributed by atoms with Crippen molar-refractivity contribution < 1.29 is 47.7 Å². The highest BCUT2D eigenvalue weighted by Crippen LogP contribution is 2.64. The van der Waals surface area contributed by atoms with Crippen molar-refractivity contribution in [3.63, 3.8) is 0 Å². The van der Waals surface area contributed by atoms with Gasteiger partial charge in [0.25, 0.3) is 0 Å². The molecule has 1 aliphatic heterocycles. The van der Waals surface area contributed by atoms with Crippen LogP contribution in [0.15, 0.2) is 0 Å². The van der Waals surface area contributed by atoms with Crippen LogP contribution in [-0.2, 0) is 14.3 Å². The van der Waals surface area contributed by atoms with Crippen LogP contribution in [0.1, 0.15) is 0 Å². The molecule has 2 atom stereocenters. The zero-order valence-electron chi connectivity index (χ0n) is 7.91. The molecule has 1 aliphatic rings. The molecule has 0 aromatic carbocycles. The average molecular weight is 363 g/mol. The molecule has 0 spiro atoms. The van der Waals surface area contributed by atoms with Gasteiger partial charge in [-0.05, 0) is 11.6 Å². The molecule has 3 nitrogen and oxygen atoms in total. The summed E-state index contributed by atoms with van der Waals surface area (Å²) in [6.45, 7) is 0. The zero-order valence-corrected chi connectivity index (χ0v) is 10.2. The standard InChI is InChI=1S/C5Cl2F8O3S/c6-1(8,4(7,12)13)2(9,10)3(11)5(14,15)19(16,17)18-3. The Labute approximate surface area is 109 Å². The van der Waals surface area contributed by atoms with E-state index in [1.54, 1.807) is 0 Å². The third-order valence-corrected chi connectivity index (χ3v) is 4.24. The van der Waals surface area contributed by atoms with Crippen molar-refractivity contribution in [2.24, 2.45) is 0 Å². The van der Waals surface area contributed by atoms with E-state index in [4.69, 9.17) is 0 Å². The molecule has 1 saturated heterocycles. The molecule has 14 heteroatoms. The van der Waals surface area contributed by atoms with E-state index < -0.39 is 37.7 Å². The van der Waals surface area contributed by atoms with E-state index in [2.05, 4.69) is 27.4 Å². The number of alkyl halides is 10. The van der Waals surface area contributed by atoms with Gasteiger partial charge < -0.3 is 0 Å². The number of halogens is 10. The van der Waals surface area contributed by atoms with Crippen molar-refractivity contribution in [3.8, 4) is 0 Å². The molecule has 1 heterocycles. The van der Waals surface area contributed by atoms with Gasteiger partial charge in [0.2, 0.25) is 0 Å². The van der Waals surface area contributed by atoms with E-state index in [0.29, 0.717) is 0 Å². The molecule has 0 bridgehead atoms. The first kappa shape index (κ1) is 17.0. The van der Waals surface area contributed by atoms with E-state index in [1.807, 2.05) is 0 Å². The predicted molar refractivity (Wildman–Crippen MR) is 44.2 cm³/mol. The maximum Gasteiger partial charge on any atom is 0.434 e. The first-order valence-electron chi connectivity index (χ1n) is 3.80. The molecule has 0 aromatic rings. The molecule has 0 radical (unpaired) electrons. The van der Waals surface area contributed by atoms with E-state index in [9.17, 15) is 43.5 Å². The summed E-state index contributed by atoms with van der Waals surface area (Å²) in [5, 5.41) is -17.6. The van der Waals surface area contributed by atoms with Gasteiger partial charge in [-0.1, -0.05) is 11.6 Å². The minimum Gasteiger partial charge on any atom is -0.211 e. The van der Waals surface area contributed by atoms with Gasteiger partial charge in [0, 0.05) is 0 Å². The summed E-state index contributed by atoms with van der Waals surface area (Å²) >= 11 is 7.80. The van der Waals surface area contributed by atoms with Gasteiger partial charge in [0.05, 0.1) is 0 Å². The number of hydrogen-bond acceptors (Lipinski definition) is 3. The molecule has 0 saturated carbocycles. The Morgan fingerprint density at radius 3 is 1.53 bits per heavy atom. The van der Waals surface area contributed by atoms with Crippen molar-refractivity contribution in [2.75, 3.05) is 0 Å². The van der Waals surface area contributed by atoms with Crippen LogP contribution in [0.25, 0.3) is 0 Å². The average Bonchev–Trinajstić information content (AvgIpc) is 2.14. The summed E-state index contributed by atoms with van der Waals surface area (Å²) < 4.78 is 125. The normalized spacial score (nSPS) is 33.4. The van der Waals surface area contributed by atoms with Gasteiger partial charge in [-0.25, -0.2) is 8.57 Å². The van der Waals surface area contributed by atoms with Crippen molar-refractivity contribution in [3.05, 3.63) is 0 Å². The molecule has 0 aliphatic carbocycles. The molecule has 0 N–H and O–H groups in total. The van der Waals surface area contributed by atoms with E-state index in [-0.39, 0.29) is 0 Å². The number of hydrogen-bond donors (Lipinski definition) is 0. The van der Waals surface area contributed by atoms with Gasteiger partial charge in [0.1, 0.15) is 0 Å². The highest BCUT2D eigenvalue weighted by atomic mass is 35.5. The summed E-state index contributed by atoms with van der Waals surface area (Å²) in [6.07, 6.45) is 0. The lowest BCUT2D eigenvalue weighted by atomic mass is 10.0. The lowest BCUT2D eigenvalue weighted by Crippen LogP contribution is -2.77. The minimum absolute atomic E-state index is 2.56. The number of rotatable bonds is 3. The lowest BCUT2D eigenvalue weighted by Gasteiger charge is -2.46. The van der Waals surface area contributed by atoms with Crippen LogP contribution in [0.5, 0.6) is 0 Å². The van der Waals surface area contributed by atoms with Crippen LogP contribution < -0.4 is 0 Å². The SMILES string of the molecule is O=S1(=O)OC(F)(C(F)(F)C(F)(Cl)C(F)(F)Cl)C1(F)F. The quantitative estimate of drug-likeness (QED) is 0.440. The van der Waals surface area contributed by atoms with Gasteiger partial charge in [-0.2, -0.15) is 39.2 Å². The topological polar surface area (TPSA) is 43.4 Å². The fraction of sp³-hybridized carbons (Fsp3) is 1.00. The summed E-state index contributed by atoms with van der Waals surface area (Å²) in [5.41, 5.74) is 0. The zero-order chi connectivity index (χ0) is 15.7. The smallest absolute Gasteiger partial charge is 0.211 e. The molecule has 0 amide bonds. The minimum atomic E-state index is -6.50. The highest BCUT2D eigenvalue weighted by Gasteiger charge is 2.94. The maximum atomic E-state index is 13.2. The van der Waals surface area contributed by atoms with Crippen LogP contribution in [0.3, 0.4) is 0 Å². The first-order chi connectivity index (χ1) is 7.96. The van der Waals surface area contributed by atoms with Crippen molar-refractivity contribution in [1.82, 2.24) is 0 Å². The lowest BCUT2D eigenvalue weighted by molar-refractivity contribution is -0.368. The van der Waals surface area contributed by atoms with Crippen molar-refractivity contribution >= 4 is 33.3 Å². The van der Waals surface area contributed by atoms with Crippen LogP contribution in [0.2, 0.25) is 0 Å². The molecule has 19 heavy (non-hydrogen) atoms. The van der Waals surface area contributed by atoms with Crippen LogP contribution in [-0.4, -0.2) is 36.0 Å². The Kier molecular flexibility index (Phi) is 3.37. The second-order valence-electron chi connectivity index (χ2n) is 3.30. The Bertz CT molecular complexity index is 499. The summed E-state index contributed by atoms with van der Waals surface area (Å²) in [4.78, 5) is 0. The third-order valence-electron chi connectivity index (χ3n) is 2.07. The van der Waals surface area contributed by atoms with Crippen LogP contribution in [0.4, 0.5) is 35.1 Å². The van der Waals surface area contributed by atoms with Crippen LogP contribution >= 0.6 is 23.2 Å². The maximum absolute atomic E-state index is 13.2. The molecular weight excluding hydrogens is 363 g/mol.